The molecule has 0 spiro atoms. The highest BCUT2D eigenvalue weighted by molar-refractivity contribution is 5.71. The fraction of sp³-hybridized carbons (Fsp3) is 0.800. The van der Waals surface area contributed by atoms with Crippen LogP contribution in [0.2, 0.25) is 0 Å². The number of ether oxygens (including phenoxy) is 3. The summed E-state index contributed by atoms with van der Waals surface area (Å²) in [6.07, 6.45) is 75.4. The van der Waals surface area contributed by atoms with Crippen molar-refractivity contribution in [3.8, 4) is 0 Å². The average Bonchev–Trinajstić information content (AvgIpc) is 3.37. The number of unbranched alkanes of at least 4 members (excludes halogenated alkanes) is 35. The third kappa shape index (κ3) is 57.9. The molecule has 0 aliphatic rings. The van der Waals surface area contributed by atoms with Gasteiger partial charge in [0, 0.05) is 19.3 Å². The lowest BCUT2D eigenvalue weighted by molar-refractivity contribution is -0.167. The van der Waals surface area contributed by atoms with Crippen molar-refractivity contribution < 1.29 is 28.6 Å². The molecule has 0 aliphatic carbocycles. The molecule has 0 saturated heterocycles. The Balaban J connectivity index is 4.10. The first-order chi connectivity index (χ1) is 35.0. The number of allylic oxidation sites excluding steroid dienone is 10. The van der Waals surface area contributed by atoms with E-state index in [2.05, 4.69) is 81.5 Å². The lowest BCUT2D eigenvalue weighted by Gasteiger charge is -2.18. The van der Waals surface area contributed by atoms with Gasteiger partial charge in [0.25, 0.3) is 0 Å². The summed E-state index contributed by atoms with van der Waals surface area (Å²) in [5, 5.41) is 0. The molecule has 1 unspecified atom stereocenters. The van der Waals surface area contributed by atoms with E-state index in [0.29, 0.717) is 19.3 Å². The summed E-state index contributed by atoms with van der Waals surface area (Å²) in [6, 6.07) is 0. The highest BCUT2D eigenvalue weighted by atomic mass is 16.6. The number of hydrogen-bond acceptors (Lipinski definition) is 6. The third-order valence-electron chi connectivity index (χ3n) is 13.5. The van der Waals surface area contributed by atoms with Crippen LogP contribution in [0.3, 0.4) is 0 Å². The third-order valence-corrected chi connectivity index (χ3v) is 13.5. The van der Waals surface area contributed by atoms with Crippen LogP contribution in [-0.2, 0) is 28.6 Å². The molecule has 0 fully saturated rings. The van der Waals surface area contributed by atoms with Crippen LogP contribution in [0.25, 0.3) is 0 Å². The zero-order valence-electron chi connectivity index (χ0n) is 47.2. The van der Waals surface area contributed by atoms with Gasteiger partial charge in [-0.05, 0) is 64.2 Å². The van der Waals surface area contributed by atoms with Gasteiger partial charge in [-0.15, -0.1) is 0 Å². The summed E-state index contributed by atoms with van der Waals surface area (Å²) < 4.78 is 16.8. The van der Waals surface area contributed by atoms with Gasteiger partial charge >= 0.3 is 17.9 Å². The van der Waals surface area contributed by atoms with E-state index in [1.165, 1.54) is 180 Å². The zero-order chi connectivity index (χ0) is 51.4. The molecule has 0 amide bonds. The quantitative estimate of drug-likeness (QED) is 0.0261. The Bertz CT molecular complexity index is 1280. The number of esters is 3. The van der Waals surface area contributed by atoms with Gasteiger partial charge in [-0.2, -0.15) is 0 Å². The van der Waals surface area contributed by atoms with Crippen molar-refractivity contribution in [2.45, 2.75) is 322 Å². The van der Waals surface area contributed by atoms with Crippen LogP contribution in [0.4, 0.5) is 0 Å². The first-order valence-corrected chi connectivity index (χ1v) is 30.8. The van der Waals surface area contributed by atoms with Gasteiger partial charge < -0.3 is 14.2 Å². The topological polar surface area (TPSA) is 78.9 Å². The molecule has 71 heavy (non-hydrogen) atoms. The molecule has 0 aromatic rings. The predicted octanol–water partition coefficient (Wildman–Crippen LogP) is 20.8. The molecule has 0 heterocycles. The van der Waals surface area contributed by atoms with Crippen molar-refractivity contribution in [1.82, 2.24) is 0 Å². The Hall–Kier alpha value is -2.89. The highest BCUT2D eigenvalue weighted by Gasteiger charge is 2.19. The van der Waals surface area contributed by atoms with E-state index < -0.39 is 6.10 Å². The molecule has 0 aromatic heterocycles. The van der Waals surface area contributed by atoms with Crippen molar-refractivity contribution in [1.29, 1.82) is 0 Å². The second-order valence-electron chi connectivity index (χ2n) is 20.6. The van der Waals surface area contributed by atoms with E-state index >= 15 is 0 Å². The fourth-order valence-electron chi connectivity index (χ4n) is 8.94. The SMILES string of the molecule is CC/C=C\C/C=C\C/C=C\C/C=C\C/C=C\CCCCCCCCCCCC(=O)OCC(COC(=O)CCCCCCCC)OC(=O)CCCCCCCCCCCCCCCCCCCCCCCC. The first-order valence-electron chi connectivity index (χ1n) is 30.8. The van der Waals surface area contributed by atoms with Crippen molar-refractivity contribution in [3.63, 3.8) is 0 Å². The van der Waals surface area contributed by atoms with E-state index in [-0.39, 0.29) is 31.1 Å². The Kier molecular flexibility index (Phi) is 57.2. The number of carbonyl (C=O) groups is 3. The number of carbonyl (C=O) groups excluding carboxylic acids is 3. The molecule has 1 atom stereocenters. The smallest absolute Gasteiger partial charge is 0.306 e. The Morgan fingerprint density at radius 3 is 0.859 bits per heavy atom. The second kappa shape index (κ2) is 59.7. The van der Waals surface area contributed by atoms with E-state index in [9.17, 15) is 14.4 Å². The lowest BCUT2D eigenvalue weighted by Crippen LogP contribution is -2.30. The Morgan fingerprint density at radius 1 is 0.296 bits per heavy atom. The lowest BCUT2D eigenvalue weighted by atomic mass is 10.0. The summed E-state index contributed by atoms with van der Waals surface area (Å²) in [5.41, 5.74) is 0. The van der Waals surface area contributed by atoms with Crippen molar-refractivity contribution in [2.75, 3.05) is 13.2 Å². The van der Waals surface area contributed by atoms with Crippen LogP contribution in [0.15, 0.2) is 60.8 Å². The highest BCUT2D eigenvalue weighted by Crippen LogP contribution is 2.17. The predicted molar refractivity (Wildman–Crippen MR) is 307 cm³/mol. The maximum Gasteiger partial charge on any atom is 0.306 e. The molecule has 0 bridgehead atoms. The molecule has 6 heteroatoms. The molecule has 0 saturated carbocycles. The molecular formula is C65H116O6. The summed E-state index contributed by atoms with van der Waals surface area (Å²) in [5.74, 6) is -0.873. The van der Waals surface area contributed by atoms with Crippen LogP contribution in [0, 0.1) is 0 Å². The van der Waals surface area contributed by atoms with Gasteiger partial charge in [0.1, 0.15) is 13.2 Å². The Morgan fingerprint density at radius 2 is 0.549 bits per heavy atom. The van der Waals surface area contributed by atoms with E-state index in [1.807, 2.05) is 0 Å². The first kappa shape index (κ1) is 68.1. The van der Waals surface area contributed by atoms with Gasteiger partial charge in [0.05, 0.1) is 0 Å². The maximum atomic E-state index is 12.8. The van der Waals surface area contributed by atoms with Crippen molar-refractivity contribution in [3.05, 3.63) is 60.8 Å². The van der Waals surface area contributed by atoms with Crippen LogP contribution in [-0.4, -0.2) is 37.2 Å². The molecule has 6 nitrogen and oxygen atoms in total. The average molecular weight is 994 g/mol. The van der Waals surface area contributed by atoms with Gasteiger partial charge in [0.15, 0.2) is 6.10 Å². The van der Waals surface area contributed by atoms with Crippen LogP contribution >= 0.6 is 0 Å². The molecule has 412 valence electrons. The standard InChI is InChI=1S/C65H116O6/c1-4-7-10-13-16-18-20-22-24-26-28-30-32-33-34-36-37-39-41-43-45-47-49-52-55-58-64(67)70-61-62(60-69-63(66)57-54-51-15-12-9-6-3)71-65(68)59-56-53-50-48-46-44-42-40-38-35-31-29-27-25-23-21-19-17-14-11-8-5-2/h7,10,16,18,22,24,28,30,33-34,62H,4-6,8-9,11-15,17,19-21,23,25-27,29,31-32,35-61H2,1-3H3/b10-7-,18-16-,24-22-,30-28-,34-33-. The molecule has 0 aromatic carbocycles. The molecule has 0 radical (unpaired) electrons. The summed E-state index contributed by atoms with van der Waals surface area (Å²) in [7, 11) is 0. The Labute approximate surface area is 440 Å². The van der Waals surface area contributed by atoms with Crippen LogP contribution in [0.5, 0.6) is 0 Å². The summed E-state index contributed by atoms with van der Waals surface area (Å²) in [4.78, 5) is 38.0. The van der Waals surface area contributed by atoms with E-state index in [1.54, 1.807) is 0 Å². The normalized spacial score (nSPS) is 12.4. The monoisotopic (exact) mass is 993 g/mol. The van der Waals surface area contributed by atoms with Crippen molar-refractivity contribution >= 4 is 17.9 Å². The van der Waals surface area contributed by atoms with Gasteiger partial charge in [-0.1, -0.05) is 293 Å². The fourth-order valence-corrected chi connectivity index (χ4v) is 8.94. The van der Waals surface area contributed by atoms with E-state index in [0.717, 1.165) is 96.3 Å². The minimum Gasteiger partial charge on any atom is -0.462 e. The summed E-state index contributed by atoms with van der Waals surface area (Å²) in [6.45, 7) is 6.50. The number of rotatable bonds is 56. The van der Waals surface area contributed by atoms with Crippen molar-refractivity contribution in [2.24, 2.45) is 0 Å². The molecule has 0 aliphatic heterocycles. The van der Waals surface area contributed by atoms with E-state index in [4.69, 9.17) is 14.2 Å². The second-order valence-corrected chi connectivity index (χ2v) is 20.6. The maximum absolute atomic E-state index is 12.8. The number of hydrogen-bond donors (Lipinski definition) is 0. The van der Waals surface area contributed by atoms with Crippen LogP contribution < -0.4 is 0 Å². The minimum absolute atomic E-state index is 0.0730. The van der Waals surface area contributed by atoms with Crippen LogP contribution in [0.1, 0.15) is 316 Å². The molecular weight excluding hydrogens is 877 g/mol. The van der Waals surface area contributed by atoms with Gasteiger partial charge in [0.2, 0.25) is 0 Å². The largest absolute Gasteiger partial charge is 0.462 e. The van der Waals surface area contributed by atoms with Gasteiger partial charge in [-0.3, -0.25) is 14.4 Å². The van der Waals surface area contributed by atoms with Gasteiger partial charge in [-0.25, -0.2) is 0 Å². The zero-order valence-corrected chi connectivity index (χ0v) is 47.2. The molecule has 0 rings (SSSR count). The summed E-state index contributed by atoms with van der Waals surface area (Å²) >= 11 is 0. The molecule has 0 N–H and O–H groups in total. The minimum atomic E-state index is -0.772.